The van der Waals surface area contributed by atoms with Crippen molar-refractivity contribution in [3.8, 4) is 0 Å². The maximum Gasteiger partial charge on any atom is 0.248 e. The molecule has 0 saturated carbocycles. The zero-order chi connectivity index (χ0) is 16.3. The smallest absolute Gasteiger partial charge is 0.248 e. The molecular weight excluding hydrogens is 331 g/mol. The molecule has 0 aliphatic heterocycles. The van der Waals surface area contributed by atoms with E-state index in [2.05, 4.69) is 4.72 Å². The first-order valence-corrected chi connectivity index (χ1v) is 8.00. The van der Waals surface area contributed by atoms with Gasteiger partial charge in [-0.1, -0.05) is 29.8 Å². The van der Waals surface area contributed by atoms with Crippen molar-refractivity contribution in [2.45, 2.75) is 11.4 Å². The molecule has 1 amide bonds. The minimum atomic E-state index is -4.04. The molecule has 2 aromatic carbocycles. The summed E-state index contributed by atoms with van der Waals surface area (Å²) in [5.41, 5.74) is 6.02. The topological polar surface area (TPSA) is 89.3 Å². The number of carbonyl (C=O) groups excluding carboxylic acids is 1. The number of nitrogens with one attached hydrogen (secondary N) is 1. The van der Waals surface area contributed by atoms with Crippen molar-refractivity contribution in [2.75, 3.05) is 0 Å². The van der Waals surface area contributed by atoms with Gasteiger partial charge in [0.05, 0.1) is 5.02 Å². The summed E-state index contributed by atoms with van der Waals surface area (Å²) in [7, 11) is -4.04. The second-order valence-corrected chi connectivity index (χ2v) is 6.58. The lowest BCUT2D eigenvalue weighted by Gasteiger charge is -2.08. The Kier molecular flexibility index (Phi) is 4.80. The van der Waals surface area contributed by atoms with Gasteiger partial charge in [0.25, 0.3) is 0 Å². The van der Waals surface area contributed by atoms with E-state index in [1.807, 2.05) is 0 Å². The Balaban J connectivity index is 2.16. The first-order valence-electron chi connectivity index (χ1n) is 6.13. The predicted molar refractivity (Wildman–Crippen MR) is 80.4 cm³/mol. The number of rotatable bonds is 5. The van der Waals surface area contributed by atoms with Crippen LogP contribution in [-0.4, -0.2) is 14.3 Å². The molecule has 22 heavy (non-hydrogen) atoms. The van der Waals surface area contributed by atoms with Crippen LogP contribution in [0.25, 0.3) is 0 Å². The molecule has 0 heterocycles. The van der Waals surface area contributed by atoms with Gasteiger partial charge in [0, 0.05) is 12.1 Å². The van der Waals surface area contributed by atoms with Gasteiger partial charge in [0.15, 0.2) is 5.82 Å². The number of hydrogen-bond acceptors (Lipinski definition) is 3. The Morgan fingerprint density at radius 2 is 1.82 bits per heavy atom. The van der Waals surface area contributed by atoms with Crippen molar-refractivity contribution >= 4 is 27.5 Å². The van der Waals surface area contributed by atoms with E-state index < -0.39 is 26.6 Å². The number of amides is 1. The zero-order valence-electron chi connectivity index (χ0n) is 11.2. The van der Waals surface area contributed by atoms with Crippen molar-refractivity contribution in [1.82, 2.24) is 4.72 Å². The zero-order valence-corrected chi connectivity index (χ0v) is 12.8. The maximum absolute atomic E-state index is 13.8. The molecule has 0 spiro atoms. The van der Waals surface area contributed by atoms with E-state index in [1.54, 1.807) is 12.1 Å². The molecule has 3 N–H and O–H groups in total. The molecule has 0 fully saturated rings. The number of nitrogens with two attached hydrogens (primary N) is 1. The third-order valence-corrected chi connectivity index (χ3v) is 4.62. The highest BCUT2D eigenvalue weighted by molar-refractivity contribution is 7.89. The van der Waals surface area contributed by atoms with Crippen LogP contribution in [0.3, 0.4) is 0 Å². The van der Waals surface area contributed by atoms with E-state index >= 15 is 0 Å². The fourth-order valence-electron chi connectivity index (χ4n) is 1.73. The molecule has 0 saturated heterocycles. The summed E-state index contributed by atoms with van der Waals surface area (Å²) in [4.78, 5) is 10.4. The van der Waals surface area contributed by atoms with Gasteiger partial charge in [-0.2, -0.15) is 0 Å². The summed E-state index contributed by atoms with van der Waals surface area (Å²) in [6, 6.07) is 9.80. The second-order valence-electron chi connectivity index (χ2n) is 4.44. The van der Waals surface area contributed by atoms with Gasteiger partial charge >= 0.3 is 0 Å². The van der Waals surface area contributed by atoms with E-state index in [4.69, 9.17) is 17.3 Å². The summed E-state index contributed by atoms with van der Waals surface area (Å²) in [5, 5.41) is -0.270. The lowest BCUT2D eigenvalue weighted by atomic mass is 10.1. The highest BCUT2D eigenvalue weighted by atomic mass is 35.5. The maximum atomic E-state index is 13.8. The monoisotopic (exact) mass is 342 g/mol. The van der Waals surface area contributed by atoms with Crippen molar-refractivity contribution < 1.29 is 17.6 Å². The quantitative estimate of drug-likeness (QED) is 0.871. The number of primary amides is 1. The predicted octanol–water partition coefficient (Wildman–Crippen LogP) is 2.06. The van der Waals surface area contributed by atoms with E-state index in [9.17, 15) is 17.6 Å². The molecule has 0 atom stereocenters. The molecule has 116 valence electrons. The molecule has 0 unspecified atom stereocenters. The van der Waals surface area contributed by atoms with Crippen LogP contribution in [0.15, 0.2) is 47.4 Å². The Labute approximate surface area is 131 Å². The normalized spacial score (nSPS) is 11.4. The Hall–Kier alpha value is -1.96. The van der Waals surface area contributed by atoms with E-state index in [1.165, 1.54) is 24.3 Å². The van der Waals surface area contributed by atoms with Gasteiger partial charge in [-0.25, -0.2) is 17.5 Å². The molecule has 8 heteroatoms. The number of sulfonamides is 1. The minimum absolute atomic E-state index is 0.0622. The molecule has 0 aliphatic carbocycles. The molecule has 5 nitrogen and oxygen atoms in total. The van der Waals surface area contributed by atoms with Crippen molar-refractivity contribution in [2.24, 2.45) is 5.73 Å². The van der Waals surface area contributed by atoms with Gasteiger partial charge in [-0.05, 0) is 29.8 Å². The summed E-state index contributed by atoms with van der Waals surface area (Å²) in [6.07, 6.45) is 0. The minimum Gasteiger partial charge on any atom is -0.366 e. The Morgan fingerprint density at radius 1 is 1.18 bits per heavy atom. The number of carbonyl (C=O) groups is 1. The fourth-order valence-corrected chi connectivity index (χ4v) is 3.08. The highest BCUT2D eigenvalue weighted by Crippen LogP contribution is 2.21. The Bertz CT molecular complexity index is 807. The summed E-state index contributed by atoms with van der Waals surface area (Å²) in [6.45, 7) is -0.0622. The molecule has 2 rings (SSSR count). The molecule has 0 radical (unpaired) electrons. The third-order valence-electron chi connectivity index (χ3n) is 2.91. The van der Waals surface area contributed by atoms with Gasteiger partial charge in [-0.15, -0.1) is 0 Å². The molecule has 0 aromatic heterocycles. The average molecular weight is 343 g/mol. The summed E-state index contributed by atoms with van der Waals surface area (Å²) >= 11 is 5.57. The van der Waals surface area contributed by atoms with E-state index in [-0.39, 0.29) is 11.6 Å². The van der Waals surface area contributed by atoms with Gasteiger partial charge in [0.1, 0.15) is 4.90 Å². The molecule has 0 aliphatic rings. The first kappa shape index (κ1) is 16.4. The third kappa shape index (κ3) is 3.62. The van der Waals surface area contributed by atoms with E-state index in [0.29, 0.717) is 11.1 Å². The van der Waals surface area contributed by atoms with Gasteiger partial charge < -0.3 is 5.73 Å². The lowest BCUT2D eigenvalue weighted by molar-refractivity contribution is 0.100. The molecule has 0 bridgehead atoms. The second kappa shape index (κ2) is 6.43. The Morgan fingerprint density at radius 3 is 2.41 bits per heavy atom. The lowest BCUT2D eigenvalue weighted by Crippen LogP contribution is -2.24. The standard InChI is InChI=1S/C14H12ClFN2O3S/c15-11-2-1-3-12(13(11)16)22(20,21)18-8-9-4-6-10(7-5-9)14(17)19/h1-7,18H,8H2,(H2,17,19). The van der Waals surface area contributed by atoms with E-state index in [0.717, 1.165) is 6.07 Å². The van der Waals surface area contributed by atoms with Crippen LogP contribution in [0.1, 0.15) is 15.9 Å². The van der Waals surface area contributed by atoms with Crippen LogP contribution in [0.4, 0.5) is 4.39 Å². The molecular formula is C14H12ClFN2O3S. The van der Waals surface area contributed by atoms with Gasteiger partial charge in [-0.3, -0.25) is 4.79 Å². The van der Waals surface area contributed by atoms with Crippen LogP contribution in [0.2, 0.25) is 5.02 Å². The number of benzene rings is 2. The summed E-state index contributed by atoms with van der Waals surface area (Å²) < 4.78 is 40.2. The van der Waals surface area contributed by atoms with Crippen LogP contribution in [0.5, 0.6) is 0 Å². The van der Waals surface area contributed by atoms with Gasteiger partial charge in [0.2, 0.25) is 15.9 Å². The molecule has 2 aromatic rings. The van der Waals surface area contributed by atoms with Crippen LogP contribution in [0, 0.1) is 5.82 Å². The largest absolute Gasteiger partial charge is 0.366 e. The average Bonchev–Trinajstić information content (AvgIpc) is 2.48. The fraction of sp³-hybridized carbons (Fsp3) is 0.0714. The number of halogens is 2. The highest BCUT2D eigenvalue weighted by Gasteiger charge is 2.20. The van der Waals surface area contributed by atoms with Crippen LogP contribution >= 0.6 is 11.6 Å². The van der Waals surface area contributed by atoms with Crippen molar-refractivity contribution in [3.05, 3.63) is 64.4 Å². The van der Waals surface area contributed by atoms with Crippen LogP contribution in [-0.2, 0) is 16.6 Å². The first-order chi connectivity index (χ1) is 10.3. The van der Waals surface area contributed by atoms with Crippen molar-refractivity contribution in [1.29, 1.82) is 0 Å². The summed E-state index contributed by atoms with van der Waals surface area (Å²) in [5.74, 6) is -1.58. The number of hydrogen-bond donors (Lipinski definition) is 2. The SMILES string of the molecule is NC(=O)c1ccc(CNS(=O)(=O)c2cccc(Cl)c2F)cc1. The van der Waals surface area contributed by atoms with Crippen molar-refractivity contribution in [3.63, 3.8) is 0 Å². The van der Waals surface area contributed by atoms with Crippen LogP contribution < -0.4 is 10.5 Å².